The maximum absolute atomic E-state index is 13.3. The Morgan fingerprint density at radius 1 is 1.26 bits per heavy atom. The van der Waals surface area contributed by atoms with Crippen molar-refractivity contribution in [2.45, 2.75) is 57.3 Å². The minimum Gasteiger partial charge on any atom is -0.488 e. The third-order valence-corrected chi connectivity index (χ3v) is 6.59. The molecule has 2 N–H and O–H groups in total. The fourth-order valence-corrected chi connectivity index (χ4v) is 4.60. The summed E-state index contributed by atoms with van der Waals surface area (Å²) in [4.78, 5) is 41.8. The summed E-state index contributed by atoms with van der Waals surface area (Å²) in [6.07, 6.45) is -1.37. The van der Waals surface area contributed by atoms with Gasteiger partial charge in [0.2, 0.25) is 5.95 Å². The van der Waals surface area contributed by atoms with Crippen LogP contribution in [0.3, 0.4) is 0 Å². The van der Waals surface area contributed by atoms with Crippen LogP contribution in [0.1, 0.15) is 37.7 Å². The molecule has 3 aliphatic rings. The number of amides is 3. The molecule has 3 atom stereocenters. The SMILES string of the molecule is C[C@@H](NC(=O)c1ccc2c(n1)N(C(=O)Nc1ncc(OC[C@H]3COC(C)(C)O3)cn1)C1CCN2C1)C(F)(F)F. The maximum atomic E-state index is 13.3. The molecule has 2 aromatic heterocycles. The average molecular weight is 552 g/mol. The fraction of sp³-hybridized carbons (Fsp3) is 0.542. The van der Waals surface area contributed by atoms with E-state index in [0.717, 1.165) is 6.92 Å². The number of ether oxygens (including phenoxy) is 3. The summed E-state index contributed by atoms with van der Waals surface area (Å²) in [5.74, 6) is -1.09. The Morgan fingerprint density at radius 2 is 2.00 bits per heavy atom. The zero-order valence-electron chi connectivity index (χ0n) is 21.5. The van der Waals surface area contributed by atoms with Crippen molar-refractivity contribution in [2.24, 2.45) is 0 Å². The number of nitrogens with one attached hydrogen (secondary N) is 2. The van der Waals surface area contributed by atoms with Gasteiger partial charge in [-0.05, 0) is 39.3 Å². The zero-order valence-corrected chi connectivity index (χ0v) is 21.5. The molecule has 3 amide bonds. The summed E-state index contributed by atoms with van der Waals surface area (Å²) in [5, 5.41) is 4.52. The summed E-state index contributed by atoms with van der Waals surface area (Å²) in [7, 11) is 0. The highest BCUT2D eigenvalue weighted by Gasteiger charge is 2.41. The summed E-state index contributed by atoms with van der Waals surface area (Å²) in [6.45, 7) is 6.33. The van der Waals surface area contributed by atoms with E-state index in [1.54, 1.807) is 6.07 Å². The topological polar surface area (TPSA) is 131 Å². The number of carbonyl (C=O) groups is 2. The van der Waals surface area contributed by atoms with Gasteiger partial charge < -0.3 is 24.4 Å². The number of urea groups is 1. The minimum atomic E-state index is -4.60. The quantitative estimate of drug-likeness (QED) is 0.556. The smallest absolute Gasteiger partial charge is 0.408 e. The second-order valence-corrected chi connectivity index (χ2v) is 9.97. The molecule has 0 radical (unpaired) electrons. The van der Waals surface area contributed by atoms with E-state index in [2.05, 4.69) is 20.3 Å². The van der Waals surface area contributed by atoms with Crippen molar-refractivity contribution in [1.82, 2.24) is 20.3 Å². The van der Waals surface area contributed by atoms with Crippen LogP contribution in [0.2, 0.25) is 0 Å². The molecular weight excluding hydrogens is 523 g/mol. The molecule has 1 unspecified atom stereocenters. The molecule has 2 fully saturated rings. The van der Waals surface area contributed by atoms with E-state index in [0.29, 0.717) is 37.6 Å². The first kappa shape index (κ1) is 26.9. The van der Waals surface area contributed by atoms with Gasteiger partial charge in [0.1, 0.15) is 24.4 Å². The largest absolute Gasteiger partial charge is 0.488 e. The van der Waals surface area contributed by atoms with Gasteiger partial charge in [-0.3, -0.25) is 15.0 Å². The van der Waals surface area contributed by atoms with Gasteiger partial charge in [0, 0.05) is 13.1 Å². The van der Waals surface area contributed by atoms with Gasteiger partial charge in [-0.1, -0.05) is 0 Å². The van der Waals surface area contributed by atoms with E-state index in [4.69, 9.17) is 14.2 Å². The lowest BCUT2D eigenvalue weighted by Crippen LogP contribution is -2.49. The van der Waals surface area contributed by atoms with Crippen LogP contribution in [0.5, 0.6) is 5.75 Å². The molecule has 2 saturated heterocycles. The van der Waals surface area contributed by atoms with Crippen LogP contribution in [0.4, 0.5) is 35.4 Å². The highest BCUT2D eigenvalue weighted by atomic mass is 19.4. The summed E-state index contributed by atoms with van der Waals surface area (Å²) in [6, 6.07) is 0.0384. The van der Waals surface area contributed by atoms with E-state index < -0.39 is 29.9 Å². The number of halogens is 3. The van der Waals surface area contributed by atoms with E-state index >= 15 is 0 Å². The average Bonchev–Trinajstić information content (AvgIpc) is 3.45. The van der Waals surface area contributed by atoms with Gasteiger partial charge in [-0.2, -0.15) is 13.2 Å². The number of carbonyl (C=O) groups excluding carboxylic acids is 2. The first-order chi connectivity index (χ1) is 18.4. The first-order valence-electron chi connectivity index (χ1n) is 12.4. The summed E-state index contributed by atoms with van der Waals surface area (Å²) in [5.41, 5.74) is 0.369. The Bertz CT molecular complexity index is 1240. The lowest BCUT2D eigenvalue weighted by atomic mass is 10.1. The minimum absolute atomic E-state index is 0.0174. The van der Waals surface area contributed by atoms with Crippen molar-refractivity contribution < 1.29 is 37.0 Å². The van der Waals surface area contributed by atoms with Crippen molar-refractivity contribution in [2.75, 3.05) is 41.4 Å². The molecule has 5 heterocycles. The normalized spacial score (nSPS) is 22.3. The van der Waals surface area contributed by atoms with Crippen LogP contribution in [0.15, 0.2) is 24.5 Å². The molecular formula is C24H28F3N7O5. The number of hydrogen-bond acceptors (Lipinski definition) is 9. The summed E-state index contributed by atoms with van der Waals surface area (Å²) >= 11 is 0. The lowest BCUT2D eigenvalue weighted by molar-refractivity contribution is -0.149. The molecule has 15 heteroatoms. The van der Waals surface area contributed by atoms with Gasteiger partial charge in [0.05, 0.1) is 30.7 Å². The standard InChI is InChI=1S/C24H28F3N7O5/c1-13(24(25,26)27)30-20(35)17-4-5-18-19(31-17)34(14-6-7-33(18)10-14)22(36)32-21-28-8-15(9-29-21)37-11-16-12-38-23(2,3)39-16/h4-5,8-9,13-14,16H,6-7,10-12H2,1-3H3,(H,30,35)(H,28,29,32,36)/t13-,14?,16+/m1/s1. The van der Waals surface area contributed by atoms with Crippen molar-refractivity contribution >= 4 is 29.4 Å². The van der Waals surface area contributed by atoms with Gasteiger partial charge in [0.25, 0.3) is 5.91 Å². The second kappa shape index (κ2) is 10.1. The van der Waals surface area contributed by atoms with Gasteiger partial charge in [-0.15, -0.1) is 0 Å². The van der Waals surface area contributed by atoms with Gasteiger partial charge in [-0.25, -0.2) is 19.7 Å². The molecule has 0 aromatic carbocycles. The highest BCUT2D eigenvalue weighted by Crippen LogP contribution is 2.39. The molecule has 3 aliphatic heterocycles. The highest BCUT2D eigenvalue weighted by molar-refractivity contribution is 6.04. The molecule has 2 bridgehead atoms. The molecule has 12 nitrogen and oxygen atoms in total. The second-order valence-electron chi connectivity index (χ2n) is 9.97. The van der Waals surface area contributed by atoms with Crippen molar-refractivity contribution in [3.8, 4) is 5.75 Å². The van der Waals surface area contributed by atoms with Gasteiger partial charge >= 0.3 is 12.2 Å². The Morgan fingerprint density at radius 3 is 2.67 bits per heavy atom. The summed E-state index contributed by atoms with van der Waals surface area (Å²) < 4.78 is 55.6. The maximum Gasteiger partial charge on any atom is 0.408 e. The predicted octanol–water partition coefficient (Wildman–Crippen LogP) is 2.71. The monoisotopic (exact) mass is 551 g/mol. The number of nitrogens with zero attached hydrogens (tertiary/aromatic N) is 5. The number of fused-ring (bicyclic) bond motifs is 4. The molecule has 5 rings (SSSR count). The van der Waals surface area contributed by atoms with Crippen LogP contribution in [0, 0.1) is 0 Å². The third-order valence-electron chi connectivity index (χ3n) is 6.59. The number of anilines is 3. The van der Waals surface area contributed by atoms with Crippen molar-refractivity contribution in [3.05, 3.63) is 30.2 Å². The van der Waals surface area contributed by atoms with Crippen LogP contribution < -0.4 is 25.2 Å². The van der Waals surface area contributed by atoms with Crippen LogP contribution in [-0.4, -0.2) is 83.3 Å². The number of aromatic nitrogens is 3. The molecule has 2 aromatic rings. The molecule has 0 saturated carbocycles. The third kappa shape index (κ3) is 5.83. The van der Waals surface area contributed by atoms with E-state index in [9.17, 15) is 22.8 Å². The van der Waals surface area contributed by atoms with Crippen molar-refractivity contribution in [3.63, 3.8) is 0 Å². The fourth-order valence-electron chi connectivity index (χ4n) is 4.60. The van der Waals surface area contributed by atoms with Crippen LogP contribution >= 0.6 is 0 Å². The number of hydrogen-bond donors (Lipinski definition) is 2. The number of alkyl halides is 3. The molecule has 39 heavy (non-hydrogen) atoms. The first-order valence-corrected chi connectivity index (χ1v) is 12.4. The molecule has 0 spiro atoms. The zero-order chi connectivity index (χ0) is 27.9. The van der Waals surface area contributed by atoms with E-state index in [-0.39, 0.29) is 36.2 Å². The van der Waals surface area contributed by atoms with E-state index in [1.807, 2.05) is 24.1 Å². The Balaban J connectivity index is 1.27. The lowest BCUT2D eigenvalue weighted by Gasteiger charge is -2.35. The van der Waals surface area contributed by atoms with Crippen molar-refractivity contribution in [1.29, 1.82) is 0 Å². The number of rotatable bonds is 6. The Kier molecular flexibility index (Phi) is 6.97. The van der Waals surface area contributed by atoms with Crippen LogP contribution in [0.25, 0.3) is 0 Å². The number of pyridine rings is 1. The van der Waals surface area contributed by atoms with E-state index in [1.165, 1.54) is 23.4 Å². The predicted molar refractivity (Wildman–Crippen MR) is 132 cm³/mol. The Labute approximate surface area is 221 Å². The van der Waals surface area contributed by atoms with Crippen LogP contribution in [-0.2, 0) is 9.47 Å². The van der Waals surface area contributed by atoms with Gasteiger partial charge in [0.15, 0.2) is 17.4 Å². The molecule has 0 aliphatic carbocycles. The molecule has 210 valence electrons. The Hall–Kier alpha value is -3.72.